The Bertz CT molecular complexity index is 458. The largest absolute Gasteiger partial charge is 0.378 e. The second kappa shape index (κ2) is 6.84. The van der Waals surface area contributed by atoms with E-state index in [-0.39, 0.29) is 17.1 Å². The Balaban J connectivity index is 2.17. The Hall–Kier alpha value is -1.00. The van der Waals surface area contributed by atoms with Crippen LogP contribution in [0.25, 0.3) is 0 Å². The third-order valence-corrected chi connectivity index (χ3v) is 4.45. The first kappa shape index (κ1) is 16.4. The van der Waals surface area contributed by atoms with E-state index in [0.29, 0.717) is 18.9 Å². The number of nitrogens with one attached hydrogen (secondary N) is 1. The Morgan fingerprint density at radius 1 is 1.33 bits per heavy atom. The summed E-state index contributed by atoms with van der Waals surface area (Å²) in [5, 5.41) is 3.43. The lowest BCUT2D eigenvalue weighted by molar-refractivity contribution is 0.0618. The summed E-state index contributed by atoms with van der Waals surface area (Å²) in [5.41, 5.74) is -0.0565. The average Bonchev–Trinajstić information content (AvgIpc) is 2.76. The summed E-state index contributed by atoms with van der Waals surface area (Å²) in [6, 6.07) is 4.06. The van der Waals surface area contributed by atoms with E-state index in [1.54, 1.807) is 0 Å². The topological polar surface area (TPSA) is 21.3 Å². The van der Waals surface area contributed by atoms with Crippen molar-refractivity contribution in [3.63, 3.8) is 0 Å². The molecule has 118 valence electrons. The van der Waals surface area contributed by atoms with Gasteiger partial charge in [0, 0.05) is 24.1 Å². The summed E-state index contributed by atoms with van der Waals surface area (Å²) in [5.74, 6) is -0.375. The lowest BCUT2D eigenvalue weighted by Crippen LogP contribution is -2.42. The molecule has 1 heterocycles. The first-order valence-electron chi connectivity index (χ1n) is 7.70. The van der Waals surface area contributed by atoms with Crippen LogP contribution >= 0.6 is 0 Å². The number of hydrogen-bond donors (Lipinski definition) is 1. The van der Waals surface area contributed by atoms with Gasteiger partial charge in [-0.2, -0.15) is 0 Å². The van der Waals surface area contributed by atoms with Crippen LogP contribution in [0.15, 0.2) is 18.2 Å². The molecule has 1 saturated heterocycles. The molecule has 0 aromatic heterocycles. The molecule has 0 aliphatic carbocycles. The summed E-state index contributed by atoms with van der Waals surface area (Å²) < 4.78 is 33.6. The van der Waals surface area contributed by atoms with Gasteiger partial charge in [0.1, 0.15) is 11.6 Å². The summed E-state index contributed by atoms with van der Waals surface area (Å²) >= 11 is 0. The van der Waals surface area contributed by atoms with Gasteiger partial charge < -0.3 is 10.1 Å². The van der Waals surface area contributed by atoms with Crippen molar-refractivity contribution < 1.29 is 13.5 Å². The molecule has 0 amide bonds. The van der Waals surface area contributed by atoms with Crippen LogP contribution in [-0.4, -0.2) is 25.8 Å². The zero-order valence-corrected chi connectivity index (χ0v) is 13.1. The van der Waals surface area contributed by atoms with Crippen molar-refractivity contribution in [2.75, 3.05) is 19.7 Å². The fourth-order valence-electron chi connectivity index (χ4n) is 3.01. The molecule has 2 atom stereocenters. The number of rotatable bonds is 6. The highest BCUT2D eigenvalue weighted by Gasteiger charge is 2.42. The highest BCUT2D eigenvalue weighted by molar-refractivity contribution is 5.22. The molecule has 21 heavy (non-hydrogen) atoms. The van der Waals surface area contributed by atoms with Crippen molar-refractivity contribution in [2.24, 2.45) is 11.3 Å². The van der Waals surface area contributed by atoms with Gasteiger partial charge in [-0.25, -0.2) is 8.78 Å². The number of halogens is 2. The van der Waals surface area contributed by atoms with Gasteiger partial charge in [-0.05, 0) is 44.4 Å². The molecule has 0 spiro atoms. The van der Waals surface area contributed by atoms with Gasteiger partial charge in [0.05, 0.1) is 6.10 Å². The molecule has 0 radical (unpaired) electrons. The molecule has 1 aromatic rings. The van der Waals surface area contributed by atoms with E-state index in [4.69, 9.17) is 4.74 Å². The van der Waals surface area contributed by atoms with Crippen LogP contribution in [0.2, 0.25) is 0 Å². The molecule has 4 heteroatoms. The first-order valence-corrected chi connectivity index (χ1v) is 7.70. The summed E-state index contributed by atoms with van der Waals surface area (Å²) in [6.07, 6.45) is 1.20. The fourth-order valence-corrected chi connectivity index (χ4v) is 3.01. The van der Waals surface area contributed by atoms with Crippen molar-refractivity contribution in [2.45, 2.75) is 39.7 Å². The second-order valence-electron chi connectivity index (χ2n) is 6.53. The molecule has 0 bridgehead atoms. The second-order valence-corrected chi connectivity index (χ2v) is 6.53. The Morgan fingerprint density at radius 3 is 2.52 bits per heavy atom. The van der Waals surface area contributed by atoms with Crippen LogP contribution in [0.5, 0.6) is 0 Å². The van der Waals surface area contributed by atoms with E-state index in [2.05, 4.69) is 19.2 Å². The minimum absolute atomic E-state index is 0.00355. The summed E-state index contributed by atoms with van der Waals surface area (Å²) in [4.78, 5) is 0. The lowest BCUT2D eigenvalue weighted by atomic mass is 9.76. The van der Waals surface area contributed by atoms with Crippen molar-refractivity contribution in [3.05, 3.63) is 35.4 Å². The Morgan fingerprint density at radius 2 is 2.00 bits per heavy atom. The predicted octanol–water partition coefficient (Wildman–Crippen LogP) is 3.55. The average molecular weight is 297 g/mol. The third-order valence-electron chi connectivity index (χ3n) is 4.45. The van der Waals surface area contributed by atoms with Crippen LogP contribution < -0.4 is 5.32 Å². The summed E-state index contributed by atoms with van der Waals surface area (Å²) in [7, 11) is 0. The fraction of sp³-hybridized carbons (Fsp3) is 0.647. The first-order chi connectivity index (χ1) is 9.94. The van der Waals surface area contributed by atoms with Gasteiger partial charge in [-0.1, -0.05) is 19.9 Å². The van der Waals surface area contributed by atoms with Crippen LogP contribution in [0.1, 0.15) is 32.8 Å². The van der Waals surface area contributed by atoms with E-state index in [1.165, 1.54) is 18.2 Å². The smallest absolute Gasteiger partial charge is 0.129 e. The normalized spacial score (nSPS) is 25.7. The van der Waals surface area contributed by atoms with Gasteiger partial charge in [0.15, 0.2) is 0 Å². The van der Waals surface area contributed by atoms with E-state index in [9.17, 15) is 8.78 Å². The lowest BCUT2D eigenvalue weighted by Gasteiger charge is -2.33. The molecular formula is C17H25F2NO. The van der Waals surface area contributed by atoms with Gasteiger partial charge in [0.25, 0.3) is 0 Å². The van der Waals surface area contributed by atoms with Gasteiger partial charge >= 0.3 is 0 Å². The molecule has 2 nitrogen and oxygen atoms in total. The van der Waals surface area contributed by atoms with Crippen LogP contribution in [0.3, 0.4) is 0 Å². The van der Waals surface area contributed by atoms with Crippen molar-refractivity contribution in [3.8, 4) is 0 Å². The molecule has 2 unspecified atom stereocenters. The number of hydrogen-bond acceptors (Lipinski definition) is 2. The zero-order valence-electron chi connectivity index (χ0n) is 13.1. The van der Waals surface area contributed by atoms with Gasteiger partial charge in [-0.15, -0.1) is 0 Å². The molecule has 1 aromatic carbocycles. The van der Waals surface area contributed by atoms with Gasteiger partial charge in [0.2, 0.25) is 0 Å². The monoisotopic (exact) mass is 297 g/mol. The van der Waals surface area contributed by atoms with Crippen molar-refractivity contribution >= 4 is 0 Å². The predicted molar refractivity (Wildman–Crippen MR) is 80.2 cm³/mol. The molecule has 1 fully saturated rings. The molecule has 1 aliphatic rings. The maximum absolute atomic E-state index is 14.0. The molecule has 0 saturated carbocycles. The number of ether oxygens (including phenoxy) is 1. The highest BCUT2D eigenvalue weighted by Crippen LogP contribution is 2.38. The molecule has 2 rings (SSSR count). The minimum atomic E-state index is -0.461. The van der Waals surface area contributed by atoms with Crippen molar-refractivity contribution in [1.29, 1.82) is 0 Å². The maximum Gasteiger partial charge on any atom is 0.129 e. The van der Waals surface area contributed by atoms with Gasteiger partial charge in [-0.3, -0.25) is 0 Å². The Kier molecular flexibility index (Phi) is 5.33. The highest BCUT2D eigenvalue weighted by atomic mass is 19.1. The molecule has 1 N–H and O–H groups in total. The standard InChI is InChI=1S/C17H25F2NO/c1-12(2)10-20-11-17(7-8-21-13(17)3)9-14-15(18)5-4-6-16(14)19/h4-6,12-13,20H,7-11H2,1-3H3. The zero-order chi connectivity index (χ0) is 15.5. The van der Waals surface area contributed by atoms with E-state index >= 15 is 0 Å². The minimum Gasteiger partial charge on any atom is -0.378 e. The Labute approximate surface area is 125 Å². The molecule has 1 aliphatic heterocycles. The van der Waals surface area contributed by atoms with E-state index in [1.807, 2.05) is 6.92 Å². The third kappa shape index (κ3) is 3.80. The van der Waals surface area contributed by atoms with Crippen LogP contribution in [0, 0.1) is 23.0 Å². The summed E-state index contributed by atoms with van der Waals surface area (Å²) in [6.45, 7) is 8.56. The maximum atomic E-state index is 14.0. The van der Waals surface area contributed by atoms with Crippen LogP contribution in [-0.2, 0) is 11.2 Å². The van der Waals surface area contributed by atoms with E-state index in [0.717, 1.165) is 19.5 Å². The molecular weight excluding hydrogens is 272 g/mol. The van der Waals surface area contributed by atoms with Crippen LogP contribution in [0.4, 0.5) is 8.78 Å². The SMILES string of the molecule is CC(C)CNCC1(Cc2c(F)cccc2F)CCOC1C. The number of benzene rings is 1. The quantitative estimate of drug-likeness (QED) is 0.867. The van der Waals surface area contributed by atoms with Crippen molar-refractivity contribution in [1.82, 2.24) is 5.32 Å². The van der Waals surface area contributed by atoms with E-state index < -0.39 is 11.6 Å².